The van der Waals surface area contributed by atoms with Gasteiger partial charge in [0.15, 0.2) is 0 Å². The molecule has 68 valence electrons. The minimum atomic E-state index is 0.370. The SMILES string of the molecule is Cc1c(Br)ccc2c1CCC(=O)C2. The topological polar surface area (TPSA) is 17.1 Å². The summed E-state index contributed by atoms with van der Waals surface area (Å²) in [6, 6.07) is 4.09. The van der Waals surface area contributed by atoms with Gasteiger partial charge >= 0.3 is 0 Å². The van der Waals surface area contributed by atoms with Gasteiger partial charge in [0.1, 0.15) is 5.78 Å². The standard InChI is InChI=1S/C11H11BrO/c1-7-10-4-3-9(13)6-8(10)2-5-11(7)12/h2,5H,3-4,6H2,1H3. The number of hydrogen-bond acceptors (Lipinski definition) is 1. The van der Waals surface area contributed by atoms with Crippen LogP contribution in [0.15, 0.2) is 16.6 Å². The predicted octanol–water partition coefficient (Wildman–Crippen LogP) is 2.82. The zero-order chi connectivity index (χ0) is 9.42. The highest BCUT2D eigenvalue weighted by Gasteiger charge is 2.17. The molecule has 0 aromatic heterocycles. The van der Waals surface area contributed by atoms with Gasteiger partial charge in [-0.05, 0) is 36.1 Å². The van der Waals surface area contributed by atoms with E-state index in [9.17, 15) is 4.79 Å². The largest absolute Gasteiger partial charge is 0.299 e. The number of hydrogen-bond donors (Lipinski definition) is 0. The van der Waals surface area contributed by atoms with Crippen LogP contribution in [0.4, 0.5) is 0 Å². The summed E-state index contributed by atoms with van der Waals surface area (Å²) < 4.78 is 1.15. The second kappa shape index (κ2) is 3.26. The van der Waals surface area contributed by atoms with E-state index in [-0.39, 0.29) is 0 Å². The Balaban J connectivity index is 2.53. The molecule has 0 aliphatic heterocycles. The second-order valence-corrected chi connectivity index (χ2v) is 4.38. The number of Topliss-reactive ketones (excluding diaryl/α,β-unsaturated/α-hetero) is 1. The van der Waals surface area contributed by atoms with E-state index in [0.717, 1.165) is 10.9 Å². The Bertz CT molecular complexity index is 369. The molecule has 2 heteroatoms. The van der Waals surface area contributed by atoms with E-state index in [4.69, 9.17) is 0 Å². The van der Waals surface area contributed by atoms with E-state index < -0.39 is 0 Å². The lowest BCUT2D eigenvalue weighted by Crippen LogP contribution is -2.14. The van der Waals surface area contributed by atoms with Gasteiger partial charge in [-0.25, -0.2) is 0 Å². The fourth-order valence-corrected chi connectivity index (χ4v) is 2.23. The molecular weight excluding hydrogens is 228 g/mol. The number of fused-ring (bicyclic) bond motifs is 1. The van der Waals surface area contributed by atoms with Gasteiger partial charge in [-0.3, -0.25) is 4.79 Å². The van der Waals surface area contributed by atoms with Crippen molar-refractivity contribution in [3.8, 4) is 0 Å². The second-order valence-electron chi connectivity index (χ2n) is 3.53. The van der Waals surface area contributed by atoms with Crippen molar-refractivity contribution in [3.63, 3.8) is 0 Å². The smallest absolute Gasteiger partial charge is 0.137 e. The Morgan fingerprint density at radius 1 is 1.31 bits per heavy atom. The molecule has 1 aromatic carbocycles. The first kappa shape index (κ1) is 8.95. The van der Waals surface area contributed by atoms with Crippen LogP contribution in [0.1, 0.15) is 23.1 Å². The van der Waals surface area contributed by atoms with Crippen molar-refractivity contribution >= 4 is 21.7 Å². The van der Waals surface area contributed by atoms with Crippen LogP contribution in [0.3, 0.4) is 0 Å². The summed E-state index contributed by atoms with van der Waals surface area (Å²) in [6.07, 6.45) is 2.26. The zero-order valence-electron chi connectivity index (χ0n) is 7.56. The lowest BCUT2D eigenvalue weighted by atomic mass is 9.88. The van der Waals surface area contributed by atoms with Crippen molar-refractivity contribution in [2.24, 2.45) is 0 Å². The van der Waals surface area contributed by atoms with E-state index in [2.05, 4.69) is 28.9 Å². The molecule has 0 spiro atoms. The van der Waals surface area contributed by atoms with Crippen molar-refractivity contribution in [2.45, 2.75) is 26.2 Å². The fourth-order valence-electron chi connectivity index (χ4n) is 1.86. The summed E-state index contributed by atoms with van der Waals surface area (Å²) in [5, 5.41) is 0. The fraction of sp³-hybridized carbons (Fsp3) is 0.364. The lowest BCUT2D eigenvalue weighted by Gasteiger charge is -2.17. The highest BCUT2D eigenvalue weighted by atomic mass is 79.9. The molecule has 0 N–H and O–H groups in total. The molecule has 0 fully saturated rings. The van der Waals surface area contributed by atoms with Gasteiger partial charge in [-0.15, -0.1) is 0 Å². The molecule has 13 heavy (non-hydrogen) atoms. The van der Waals surface area contributed by atoms with E-state index in [1.165, 1.54) is 16.7 Å². The van der Waals surface area contributed by atoms with Gasteiger partial charge in [-0.2, -0.15) is 0 Å². The Hall–Kier alpha value is -0.630. The van der Waals surface area contributed by atoms with Gasteiger partial charge in [0.2, 0.25) is 0 Å². The van der Waals surface area contributed by atoms with Crippen LogP contribution in [0, 0.1) is 6.92 Å². The van der Waals surface area contributed by atoms with Crippen molar-refractivity contribution in [1.82, 2.24) is 0 Å². The summed E-state index contributed by atoms with van der Waals surface area (Å²) in [4.78, 5) is 11.2. The van der Waals surface area contributed by atoms with Crippen molar-refractivity contribution in [3.05, 3.63) is 33.3 Å². The van der Waals surface area contributed by atoms with Crippen LogP contribution in [0.5, 0.6) is 0 Å². The van der Waals surface area contributed by atoms with Crippen LogP contribution < -0.4 is 0 Å². The van der Waals surface area contributed by atoms with Gasteiger partial charge < -0.3 is 0 Å². The third kappa shape index (κ3) is 1.55. The van der Waals surface area contributed by atoms with Crippen LogP contribution in [-0.2, 0) is 17.6 Å². The van der Waals surface area contributed by atoms with Gasteiger partial charge in [0.05, 0.1) is 0 Å². The van der Waals surface area contributed by atoms with Gasteiger partial charge in [0, 0.05) is 17.3 Å². The molecule has 0 atom stereocenters. The number of carbonyl (C=O) groups excluding carboxylic acids is 1. The molecule has 0 bridgehead atoms. The van der Waals surface area contributed by atoms with Gasteiger partial charge in [-0.1, -0.05) is 22.0 Å². The summed E-state index contributed by atoms with van der Waals surface area (Å²) in [6.45, 7) is 2.11. The summed E-state index contributed by atoms with van der Waals surface area (Å²) in [5.41, 5.74) is 3.89. The lowest BCUT2D eigenvalue weighted by molar-refractivity contribution is -0.118. The molecule has 0 saturated carbocycles. The van der Waals surface area contributed by atoms with Crippen LogP contribution >= 0.6 is 15.9 Å². The number of ketones is 1. The number of halogens is 1. The highest BCUT2D eigenvalue weighted by molar-refractivity contribution is 9.10. The first-order chi connectivity index (χ1) is 6.18. The molecule has 0 radical (unpaired) electrons. The molecule has 1 aliphatic carbocycles. The molecule has 0 amide bonds. The van der Waals surface area contributed by atoms with Crippen molar-refractivity contribution in [2.75, 3.05) is 0 Å². The normalized spacial score (nSPS) is 15.7. The van der Waals surface area contributed by atoms with Crippen LogP contribution in [0.2, 0.25) is 0 Å². The molecule has 2 rings (SSSR count). The molecule has 0 heterocycles. The Morgan fingerprint density at radius 3 is 2.85 bits per heavy atom. The third-order valence-electron chi connectivity index (χ3n) is 2.67. The molecule has 0 saturated heterocycles. The molecule has 1 aliphatic rings. The van der Waals surface area contributed by atoms with Crippen LogP contribution in [-0.4, -0.2) is 5.78 Å². The average molecular weight is 239 g/mol. The summed E-state index contributed by atoms with van der Waals surface area (Å²) >= 11 is 3.50. The Morgan fingerprint density at radius 2 is 2.08 bits per heavy atom. The maximum absolute atomic E-state index is 11.2. The van der Waals surface area contributed by atoms with E-state index in [1.807, 2.05) is 6.07 Å². The maximum atomic E-state index is 11.2. The quantitative estimate of drug-likeness (QED) is 0.680. The number of benzene rings is 1. The first-order valence-electron chi connectivity index (χ1n) is 4.47. The average Bonchev–Trinajstić information content (AvgIpc) is 2.12. The minimum absolute atomic E-state index is 0.370. The molecule has 1 aromatic rings. The Labute approximate surface area is 86.3 Å². The van der Waals surface area contributed by atoms with E-state index in [0.29, 0.717) is 18.6 Å². The van der Waals surface area contributed by atoms with E-state index >= 15 is 0 Å². The monoisotopic (exact) mass is 238 g/mol. The van der Waals surface area contributed by atoms with Crippen molar-refractivity contribution in [1.29, 1.82) is 0 Å². The number of rotatable bonds is 0. The zero-order valence-corrected chi connectivity index (χ0v) is 9.15. The van der Waals surface area contributed by atoms with Gasteiger partial charge in [0.25, 0.3) is 0 Å². The molecule has 1 nitrogen and oxygen atoms in total. The van der Waals surface area contributed by atoms with Crippen LogP contribution in [0.25, 0.3) is 0 Å². The Kier molecular flexibility index (Phi) is 2.24. The summed E-state index contributed by atoms with van der Waals surface area (Å²) in [5.74, 6) is 0.370. The minimum Gasteiger partial charge on any atom is -0.299 e. The number of carbonyl (C=O) groups is 1. The highest BCUT2D eigenvalue weighted by Crippen LogP contribution is 2.27. The van der Waals surface area contributed by atoms with Crippen molar-refractivity contribution < 1.29 is 4.79 Å². The third-order valence-corrected chi connectivity index (χ3v) is 3.53. The predicted molar refractivity (Wildman–Crippen MR) is 55.9 cm³/mol. The molecule has 0 unspecified atom stereocenters. The van der Waals surface area contributed by atoms with E-state index in [1.54, 1.807) is 0 Å². The first-order valence-corrected chi connectivity index (χ1v) is 5.26. The molecular formula is C11H11BrO. The maximum Gasteiger partial charge on any atom is 0.137 e. The summed E-state index contributed by atoms with van der Waals surface area (Å²) in [7, 11) is 0.